The monoisotopic (exact) mass is 286 g/mol. The van der Waals surface area contributed by atoms with Gasteiger partial charge in [-0.25, -0.2) is 0 Å². The second-order valence-electron chi connectivity index (χ2n) is 1.04. The predicted molar refractivity (Wildman–Crippen MR) is 48.3 cm³/mol. The van der Waals surface area contributed by atoms with Gasteiger partial charge in [-0.1, -0.05) is 0 Å². The third kappa shape index (κ3) is 2540. The smallest absolute Gasteiger partial charge is 0.300 e. The summed E-state index contributed by atoms with van der Waals surface area (Å²) in [7, 11) is 0. The van der Waals surface area contributed by atoms with Crippen LogP contribution in [0.5, 0.6) is 0 Å². The Balaban J connectivity index is -0.00000000468. The van der Waals surface area contributed by atoms with Gasteiger partial charge in [0.05, 0.1) is 0 Å². The molecule has 0 atom stereocenters. The minimum absolute atomic E-state index is 0. The van der Waals surface area contributed by atoms with Crippen molar-refractivity contribution in [2.75, 3.05) is 0 Å². The Labute approximate surface area is 95.7 Å². The summed E-state index contributed by atoms with van der Waals surface area (Å²) in [4.78, 5) is 18.0. The molecule has 10 nitrogen and oxygen atoms in total. The van der Waals surface area contributed by atoms with E-state index in [-0.39, 0.29) is 49.3 Å². The molecule has 0 unspecified atom stereocenters. The number of aliphatic carboxylic acids is 2. The van der Waals surface area contributed by atoms with E-state index in [9.17, 15) is 0 Å². The summed E-state index contributed by atoms with van der Waals surface area (Å²) in [5, 5.41) is 14.8. The average molecular weight is 287 g/mol. The Morgan fingerprint density at radius 2 is 0.667 bits per heavy atom. The molecule has 0 radical (unpaired) electrons. The van der Waals surface area contributed by atoms with E-state index in [1.807, 2.05) is 0 Å². The standard InChI is InChI=1S/2C2H4O2.Ni.6H2O/c2*1-2(3)4;;;;;;;/h2*1H3,(H,3,4);;6*1H2. The molecule has 0 bridgehead atoms. The summed E-state index contributed by atoms with van der Waals surface area (Å²) in [5.74, 6) is -1.67. The van der Waals surface area contributed by atoms with Crippen LogP contribution in [0.3, 0.4) is 0 Å². The van der Waals surface area contributed by atoms with Crippen molar-refractivity contribution >= 4 is 11.9 Å². The number of hydrogen-bond donors (Lipinski definition) is 2. The summed E-state index contributed by atoms with van der Waals surface area (Å²) < 4.78 is 0. The predicted octanol–water partition coefficient (Wildman–Crippen LogP) is -4.77. The number of carboxylic acid groups (broad SMARTS) is 2. The third-order valence-electron chi connectivity index (χ3n) is 0. The Kier molecular flexibility index (Phi) is 444. The number of carbonyl (C=O) groups is 2. The summed E-state index contributed by atoms with van der Waals surface area (Å²) in [6, 6.07) is 0. The van der Waals surface area contributed by atoms with Gasteiger partial charge in [0.25, 0.3) is 11.9 Å². The minimum atomic E-state index is -0.833. The molecule has 11 heteroatoms. The van der Waals surface area contributed by atoms with Gasteiger partial charge in [0, 0.05) is 30.3 Å². The van der Waals surface area contributed by atoms with Gasteiger partial charge in [-0.2, -0.15) is 0 Å². The molecule has 0 aliphatic carbocycles. The van der Waals surface area contributed by atoms with Crippen LogP contribution in [0, 0.1) is 0 Å². The fourth-order valence-corrected chi connectivity index (χ4v) is 0. The Morgan fingerprint density at radius 1 is 0.667 bits per heavy atom. The number of carboxylic acids is 2. The van der Waals surface area contributed by atoms with E-state index < -0.39 is 11.9 Å². The van der Waals surface area contributed by atoms with Gasteiger partial charge in [0.1, 0.15) is 0 Å². The molecule has 15 heavy (non-hydrogen) atoms. The van der Waals surface area contributed by atoms with Crippen LogP contribution in [0.25, 0.3) is 0 Å². The van der Waals surface area contributed by atoms with Crippen molar-refractivity contribution in [2.45, 2.75) is 13.8 Å². The van der Waals surface area contributed by atoms with Gasteiger partial charge in [-0.15, -0.1) is 0 Å². The molecule has 0 aromatic rings. The second-order valence-corrected chi connectivity index (χ2v) is 1.04. The van der Waals surface area contributed by atoms with Crippen LogP contribution >= 0.6 is 0 Å². The first-order valence-corrected chi connectivity index (χ1v) is 1.86. The first-order chi connectivity index (χ1) is 3.46. The van der Waals surface area contributed by atoms with Gasteiger partial charge >= 0.3 is 0 Å². The SMILES string of the molecule is CC(=O)O.CC(=O)O.O.O.O.O.O.O.[Ni]. The first kappa shape index (κ1) is 91.6. The van der Waals surface area contributed by atoms with Crippen molar-refractivity contribution in [1.82, 2.24) is 0 Å². The van der Waals surface area contributed by atoms with E-state index in [2.05, 4.69) is 0 Å². The molecule has 14 N–H and O–H groups in total. The molecule has 0 aromatic heterocycles. The molecule has 0 rings (SSSR count). The normalized spacial score (nSPS) is 3.33. The van der Waals surface area contributed by atoms with Gasteiger partial charge in [-0.05, 0) is 0 Å². The van der Waals surface area contributed by atoms with E-state index >= 15 is 0 Å². The van der Waals surface area contributed by atoms with E-state index in [0.29, 0.717) is 0 Å². The maximum absolute atomic E-state index is 9.00. The van der Waals surface area contributed by atoms with Crippen molar-refractivity contribution in [3.8, 4) is 0 Å². The largest absolute Gasteiger partial charge is 0.481 e. The molecule has 0 heterocycles. The molecule has 0 saturated carbocycles. The van der Waals surface area contributed by atoms with Crippen LogP contribution in [-0.4, -0.2) is 55.0 Å². The van der Waals surface area contributed by atoms with Crippen LogP contribution < -0.4 is 0 Å². The van der Waals surface area contributed by atoms with Crippen LogP contribution in [0.1, 0.15) is 13.8 Å². The van der Waals surface area contributed by atoms with Crippen molar-refractivity contribution < 1.29 is 69.2 Å². The zero-order chi connectivity index (χ0) is 7.15. The van der Waals surface area contributed by atoms with Gasteiger partial charge in [-0.3, -0.25) is 9.59 Å². The van der Waals surface area contributed by atoms with Gasteiger partial charge in [0.15, 0.2) is 0 Å². The summed E-state index contributed by atoms with van der Waals surface area (Å²) >= 11 is 0. The van der Waals surface area contributed by atoms with Crippen LogP contribution in [-0.2, 0) is 26.1 Å². The fourth-order valence-electron chi connectivity index (χ4n) is 0. The number of rotatable bonds is 0. The Bertz CT molecular complexity index is 75.4. The topological polar surface area (TPSA) is 264 Å². The molecule has 106 valence electrons. The van der Waals surface area contributed by atoms with Crippen molar-refractivity contribution in [1.29, 1.82) is 0 Å². The average Bonchev–Trinajstić information content (AvgIpc) is 1.25. The first-order valence-electron chi connectivity index (χ1n) is 1.86. The summed E-state index contributed by atoms with van der Waals surface area (Å²) in [6.45, 7) is 2.17. The molecule has 0 spiro atoms. The second kappa shape index (κ2) is 72.7. The van der Waals surface area contributed by atoms with E-state index in [4.69, 9.17) is 19.8 Å². The van der Waals surface area contributed by atoms with E-state index in [1.54, 1.807) is 0 Å². The maximum atomic E-state index is 9.00. The molecule has 0 fully saturated rings. The van der Waals surface area contributed by atoms with Crippen LogP contribution in [0.4, 0.5) is 0 Å². The third-order valence-corrected chi connectivity index (χ3v) is 0. The van der Waals surface area contributed by atoms with E-state index in [1.165, 1.54) is 0 Å². The van der Waals surface area contributed by atoms with Crippen LogP contribution in [0.15, 0.2) is 0 Å². The van der Waals surface area contributed by atoms with Gasteiger partial charge < -0.3 is 43.1 Å². The molecular weight excluding hydrogens is 267 g/mol. The zero-order valence-electron chi connectivity index (χ0n) is 8.03. The number of hydrogen-bond acceptors (Lipinski definition) is 2. The molecular formula is C4H20NiO10. The minimum Gasteiger partial charge on any atom is -0.481 e. The molecule has 0 amide bonds. The van der Waals surface area contributed by atoms with Crippen molar-refractivity contribution in [3.05, 3.63) is 0 Å². The van der Waals surface area contributed by atoms with Gasteiger partial charge in [0.2, 0.25) is 0 Å². The molecule has 0 saturated heterocycles. The fraction of sp³-hybridized carbons (Fsp3) is 0.500. The quantitative estimate of drug-likeness (QED) is 0.415. The van der Waals surface area contributed by atoms with Crippen molar-refractivity contribution in [3.63, 3.8) is 0 Å². The van der Waals surface area contributed by atoms with Crippen molar-refractivity contribution in [2.24, 2.45) is 0 Å². The molecule has 0 aliphatic heterocycles. The maximum Gasteiger partial charge on any atom is 0.300 e. The van der Waals surface area contributed by atoms with E-state index in [0.717, 1.165) is 13.8 Å². The molecule has 0 aromatic carbocycles. The van der Waals surface area contributed by atoms with Crippen LogP contribution in [0.2, 0.25) is 0 Å². The Hall–Kier alpha value is -0.806. The zero-order valence-corrected chi connectivity index (χ0v) is 9.01. The Morgan fingerprint density at radius 3 is 0.667 bits per heavy atom. The molecule has 0 aliphatic rings. The summed E-state index contributed by atoms with van der Waals surface area (Å²) in [6.07, 6.45) is 0. The summed E-state index contributed by atoms with van der Waals surface area (Å²) in [5.41, 5.74) is 0.